The van der Waals surface area contributed by atoms with Crippen molar-refractivity contribution in [3.8, 4) is 0 Å². The van der Waals surface area contributed by atoms with Gasteiger partial charge in [0.15, 0.2) is 0 Å². The Morgan fingerprint density at radius 2 is 0.938 bits per heavy atom. The number of ketones is 1. The Labute approximate surface area is 170 Å². The van der Waals surface area contributed by atoms with E-state index in [9.17, 15) is 72.5 Å². The fourth-order valence-corrected chi connectivity index (χ4v) is 3.53. The van der Waals surface area contributed by atoms with Gasteiger partial charge in [-0.15, -0.1) is 0 Å². The van der Waals surface area contributed by atoms with Crippen molar-refractivity contribution in [3.05, 3.63) is 0 Å². The summed E-state index contributed by atoms with van der Waals surface area (Å²) in [5, 5.41) is 18.9. The molecule has 32 heavy (non-hydrogen) atoms. The first-order valence-electron chi connectivity index (χ1n) is 8.34. The van der Waals surface area contributed by atoms with E-state index in [4.69, 9.17) is 0 Å². The van der Waals surface area contributed by atoms with Gasteiger partial charge < -0.3 is 14.9 Å². The lowest BCUT2D eigenvalue weighted by atomic mass is 9.65. The monoisotopic (exact) mass is 502 g/mol. The molecule has 1 aliphatic carbocycles. The Hall–Kier alpha value is -1.78. The number of hydrogen-bond donors (Lipinski definition) is 2. The van der Waals surface area contributed by atoms with E-state index in [1.54, 1.807) is 0 Å². The van der Waals surface area contributed by atoms with Gasteiger partial charge in [-0.05, 0) is 19.3 Å². The van der Waals surface area contributed by atoms with E-state index in [2.05, 4.69) is 4.74 Å². The third kappa shape index (κ3) is 4.77. The van der Waals surface area contributed by atoms with Gasteiger partial charge in [0.05, 0.1) is 0 Å². The van der Waals surface area contributed by atoms with Crippen LogP contribution in [0.15, 0.2) is 0 Å². The van der Waals surface area contributed by atoms with Crippen LogP contribution in [0.4, 0.5) is 52.7 Å². The molecular weight excluding hydrogens is 488 g/mol. The molecular formula is C15H14F12O5. The predicted octanol–water partition coefficient (Wildman–Crippen LogP) is 3.61. The first-order chi connectivity index (χ1) is 13.9. The smallest absolute Gasteiger partial charge is 0.426 e. The summed E-state index contributed by atoms with van der Waals surface area (Å²) in [6, 6.07) is 0. The van der Waals surface area contributed by atoms with Crippen molar-refractivity contribution >= 4 is 11.8 Å². The minimum atomic E-state index is -6.64. The summed E-state index contributed by atoms with van der Waals surface area (Å²) in [5.74, 6) is -10.4. The summed E-state index contributed by atoms with van der Waals surface area (Å²) in [4.78, 5) is 22.2. The van der Waals surface area contributed by atoms with Crippen LogP contribution in [0.1, 0.15) is 26.2 Å². The average Bonchev–Trinajstić information content (AvgIpc) is 2.55. The normalized spacial score (nSPS) is 24.3. The van der Waals surface area contributed by atoms with Gasteiger partial charge >= 0.3 is 30.7 Å². The van der Waals surface area contributed by atoms with E-state index in [0.717, 1.165) is 0 Å². The summed E-state index contributed by atoms with van der Waals surface area (Å²) in [7, 11) is 0. The van der Waals surface area contributed by atoms with Gasteiger partial charge in [0.25, 0.3) is 11.2 Å². The molecule has 0 aromatic rings. The number of halogens is 12. The summed E-state index contributed by atoms with van der Waals surface area (Å²) in [6.45, 7) is 0.490. The fourth-order valence-electron chi connectivity index (χ4n) is 3.53. The highest BCUT2D eigenvalue weighted by molar-refractivity contribution is 6.32. The number of rotatable bonds is 4. The van der Waals surface area contributed by atoms with E-state index < -0.39 is 84.9 Å². The van der Waals surface area contributed by atoms with Crippen molar-refractivity contribution < 1.29 is 77.2 Å². The summed E-state index contributed by atoms with van der Waals surface area (Å²) < 4.78 is 162. The minimum absolute atomic E-state index is 0.490. The van der Waals surface area contributed by atoms with Crippen LogP contribution in [0.2, 0.25) is 0 Å². The number of Topliss-reactive ketones (excluding diaryl/α,β-unsaturated/α-hetero) is 1. The Kier molecular flexibility index (Phi) is 7.25. The fraction of sp³-hybridized carbons (Fsp3) is 0.867. The molecule has 0 spiro atoms. The minimum Gasteiger partial charge on any atom is -0.457 e. The third-order valence-electron chi connectivity index (χ3n) is 5.14. The van der Waals surface area contributed by atoms with Crippen molar-refractivity contribution in [1.82, 2.24) is 0 Å². The Bertz CT molecular complexity index is 646. The second-order valence-electron chi connectivity index (χ2n) is 7.21. The molecule has 1 aliphatic rings. The van der Waals surface area contributed by atoms with Gasteiger partial charge in [-0.1, -0.05) is 0 Å². The Balaban J connectivity index is 3.67. The van der Waals surface area contributed by atoms with E-state index in [1.165, 1.54) is 0 Å². The number of carbonyl (C=O) groups excluding carboxylic acids is 2. The summed E-state index contributed by atoms with van der Waals surface area (Å²) in [5.41, 5.74) is -11.6. The lowest BCUT2D eigenvalue weighted by Gasteiger charge is -2.48. The van der Waals surface area contributed by atoms with E-state index in [1.807, 2.05) is 0 Å². The largest absolute Gasteiger partial charge is 0.457 e. The first-order valence-corrected chi connectivity index (χ1v) is 8.34. The third-order valence-corrected chi connectivity index (χ3v) is 5.14. The molecule has 0 saturated heterocycles. The molecule has 17 heteroatoms. The standard InChI is InChI=1S/C15H14F12O5/c1-5(28)9(29)32-8-3-6(10(30,12(16,17)18)13(19,20)21)2-7(4-8)11(31,14(22,23)24)15(25,26)27/h6-8,30-31H,2-4H2,1H3. The van der Waals surface area contributed by atoms with E-state index in [-0.39, 0.29) is 0 Å². The predicted molar refractivity (Wildman–Crippen MR) is 75.5 cm³/mol. The molecule has 0 aromatic carbocycles. The molecule has 2 unspecified atom stereocenters. The van der Waals surface area contributed by atoms with Crippen LogP contribution >= 0.6 is 0 Å². The van der Waals surface area contributed by atoms with E-state index in [0.29, 0.717) is 6.92 Å². The van der Waals surface area contributed by atoms with Crippen LogP contribution < -0.4 is 0 Å². The lowest BCUT2D eigenvalue weighted by Crippen LogP contribution is -2.67. The number of hydrogen-bond acceptors (Lipinski definition) is 5. The molecule has 1 saturated carbocycles. The van der Waals surface area contributed by atoms with E-state index >= 15 is 0 Å². The maximum Gasteiger partial charge on any atom is 0.426 e. The van der Waals surface area contributed by atoms with Crippen LogP contribution in [0, 0.1) is 11.8 Å². The topological polar surface area (TPSA) is 83.8 Å². The zero-order valence-corrected chi connectivity index (χ0v) is 15.5. The van der Waals surface area contributed by atoms with Gasteiger partial charge in [-0.3, -0.25) is 4.79 Å². The van der Waals surface area contributed by atoms with Crippen molar-refractivity contribution in [2.24, 2.45) is 11.8 Å². The molecule has 0 heterocycles. The first kappa shape index (κ1) is 28.3. The Morgan fingerprint density at radius 1 is 0.656 bits per heavy atom. The summed E-state index contributed by atoms with van der Waals surface area (Å²) in [6.07, 6.45) is -34.8. The molecule has 0 aliphatic heterocycles. The molecule has 1 rings (SSSR count). The molecule has 5 nitrogen and oxygen atoms in total. The van der Waals surface area contributed by atoms with Gasteiger partial charge in [-0.25, -0.2) is 4.79 Å². The molecule has 0 aromatic heterocycles. The van der Waals surface area contributed by atoms with Gasteiger partial charge in [0, 0.05) is 18.8 Å². The van der Waals surface area contributed by atoms with Gasteiger partial charge in [0.2, 0.25) is 5.78 Å². The highest BCUT2D eigenvalue weighted by Crippen LogP contribution is 2.57. The maximum absolute atomic E-state index is 13.2. The number of carbonyl (C=O) groups is 2. The number of esters is 1. The second kappa shape index (κ2) is 8.22. The zero-order valence-electron chi connectivity index (χ0n) is 15.5. The molecule has 2 atom stereocenters. The Morgan fingerprint density at radius 3 is 1.16 bits per heavy atom. The maximum atomic E-state index is 13.2. The van der Waals surface area contributed by atoms with Crippen molar-refractivity contribution in [3.63, 3.8) is 0 Å². The van der Waals surface area contributed by atoms with Crippen LogP contribution in [-0.2, 0) is 14.3 Å². The van der Waals surface area contributed by atoms with Crippen LogP contribution in [-0.4, -0.2) is 64.0 Å². The number of alkyl halides is 12. The van der Waals surface area contributed by atoms with Crippen molar-refractivity contribution in [2.45, 2.75) is 68.2 Å². The van der Waals surface area contributed by atoms with Crippen LogP contribution in [0.3, 0.4) is 0 Å². The van der Waals surface area contributed by atoms with Crippen LogP contribution in [0.25, 0.3) is 0 Å². The molecule has 0 amide bonds. The van der Waals surface area contributed by atoms with Gasteiger partial charge in [-0.2, -0.15) is 52.7 Å². The quantitative estimate of drug-likeness (QED) is 0.349. The SMILES string of the molecule is CC(=O)C(=O)OC1CC(C(O)(C(F)(F)F)C(F)(F)F)CC(C(O)(C(F)(F)F)C(F)(F)F)C1. The summed E-state index contributed by atoms with van der Waals surface area (Å²) >= 11 is 0. The lowest BCUT2D eigenvalue weighted by molar-refractivity contribution is -0.405. The zero-order chi connectivity index (χ0) is 25.7. The van der Waals surface area contributed by atoms with Crippen molar-refractivity contribution in [1.29, 1.82) is 0 Å². The second-order valence-corrected chi connectivity index (χ2v) is 7.21. The molecule has 0 radical (unpaired) electrons. The highest BCUT2D eigenvalue weighted by atomic mass is 19.4. The van der Waals surface area contributed by atoms with Gasteiger partial charge in [0.1, 0.15) is 6.10 Å². The number of aliphatic hydroxyl groups is 2. The number of ether oxygens (including phenoxy) is 1. The molecule has 2 N–H and O–H groups in total. The van der Waals surface area contributed by atoms with Crippen molar-refractivity contribution in [2.75, 3.05) is 0 Å². The van der Waals surface area contributed by atoms with Crippen LogP contribution in [0.5, 0.6) is 0 Å². The molecule has 0 bridgehead atoms. The molecule has 188 valence electrons. The highest BCUT2D eigenvalue weighted by Gasteiger charge is 2.78. The molecule has 1 fully saturated rings. The average molecular weight is 502 g/mol.